The smallest absolute Gasteiger partial charge is 0.119 e. The number of ether oxygens (including phenoxy) is 1. The third-order valence-corrected chi connectivity index (χ3v) is 2.08. The number of nitrogens with two attached hydrogens (primary N) is 1. The minimum absolute atomic E-state index is 0.171. The molecular weight excluding hydrogens is 190 g/mol. The lowest BCUT2D eigenvalue weighted by atomic mass is 10.1. The van der Waals surface area contributed by atoms with Gasteiger partial charge in [-0.25, -0.2) is 0 Å². The molecule has 15 heavy (non-hydrogen) atoms. The van der Waals surface area contributed by atoms with Gasteiger partial charge in [-0.05, 0) is 44.5 Å². The Morgan fingerprint density at radius 3 is 2.33 bits per heavy atom. The highest BCUT2D eigenvalue weighted by Crippen LogP contribution is 2.20. The largest absolute Gasteiger partial charge is 0.491 e. The van der Waals surface area contributed by atoms with Gasteiger partial charge in [0, 0.05) is 0 Å². The number of hydrogen-bond acceptors (Lipinski definition) is 3. The Morgan fingerprint density at radius 2 is 1.87 bits per heavy atom. The maximum Gasteiger partial charge on any atom is 0.119 e. The van der Waals surface area contributed by atoms with Crippen LogP contribution in [0.2, 0.25) is 0 Å². The van der Waals surface area contributed by atoms with Crippen LogP contribution in [0.4, 0.5) is 0 Å². The van der Waals surface area contributed by atoms with E-state index in [1.807, 2.05) is 38.1 Å². The van der Waals surface area contributed by atoms with E-state index in [4.69, 9.17) is 10.5 Å². The number of hydrogen-bond donors (Lipinski definition) is 2. The standard InChI is InChI=1S/C12H19NO2/c1-9(2)15-11-5-3-10(4-6-11)12(14)7-8-13/h3-6,9,12,14H,7-8,13H2,1-2H3/t12-/m0/s1. The van der Waals surface area contributed by atoms with Crippen LogP contribution in [-0.4, -0.2) is 17.8 Å². The first-order chi connectivity index (χ1) is 7.13. The lowest BCUT2D eigenvalue weighted by molar-refractivity contribution is 0.170. The van der Waals surface area contributed by atoms with Gasteiger partial charge in [0.15, 0.2) is 0 Å². The number of aliphatic hydroxyl groups excluding tert-OH is 1. The molecule has 1 aromatic rings. The van der Waals surface area contributed by atoms with E-state index in [1.165, 1.54) is 0 Å². The first-order valence-corrected chi connectivity index (χ1v) is 5.28. The average molecular weight is 209 g/mol. The molecular formula is C12H19NO2. The van der Waals surface area contributed by atoms with Gasteiger partial charge in [0.05, 0.1) is 12.2 Å². The summed E-state index contributed by atoms with van der Waals surface area (Å²) in [6.07, 6.45) is 0.289. The summed E-state index contributed by atoms with van der Waals surface area (Å²) in [7, 11) is 0. The molecule has 0 amide bonds. The second-order valence-electron chi connectivity index (χ2n) is 3.83. The second-order valence-corrected chi connectivity index (χ2v) is 3.83. The van der Waals surface area contributed by atoms with Crippen molar-refractivity contribution in [3.63, 3.8) is 0 Å². The summed E-state index contributed by atoms with van der Waals surface area (Å²) in [6.45, 7) is 4.46. The lowest BCUT2D eigenvalue weighted by Gasteiger charge is -2.12. The third-order valence-electron chi connectivity index (χ3n) is 2.08. The van der Waals surface area contributed by atoms with Gasteiger partial charge in [-0.3, -0.25) is 0 Å². The fraction of sp³-hybridized carbons (Fsp3) is 0.500. The summed E-state index contributed by atoms with van der Waals surface area (Å²) < 4.78 is 5.50. The van der Waals surface area contributed by atoms with Crippen LogP contribution in [0.15, 0.2) is 24.3 Å². The molecule has 0 saturated carbocycles. The van der Waals surface area contributed by atoms with Crippen molar-refractivity contribution in [2.45, 2.75) is 32.5 Å². The highest BCUT2D eigenvalue weighted by molar-refractivity contribution is 5.28. The van der Waals surface area contributed by atoms with E-state index in [0.717, 1.165) is 11.3 Å². The zero-order valence-corrected chi connectivity index (χ0v) is 9.31. The molecule has 0 unspecified atom stereocenters. The van der Waals surface area contributed by atoms with E-state index in [0.29, 0.717) is 13.0 Å². The van der Waals surface area contributed by atoms with Gasteiger partial charge >= 0.3 is 0 Å². The Balaban J connectivity index is 2.63. The molecule has 0 aliphatic carbocycles. The van der Waals surface area contributed by atoms with E-state index in [9.17, 15) is 5.11 Å². The number of aliphatic hydroxyl groups is 1. The molecule has 0 heterocycles. The quantitative estimate of drug-likeness (QED) is 0.778. The van der Waals surface area contributed by atoms with Gasteiger partial charge in [-0.1, -0.05) is 12.1 Å². The highest BCUT2D eigenvalue weighted by atomic mass is 16.5. The Bertz CT molecular complexity index is 282. The van der Waals surface area contributed by atoms with Crippen molar-refractivity contribution in [1.29, 1.82) is 0 Å². The Labute approximate surface area is 90.9 Å². The molecule has 1 atom stereocenters. The molecule has 0 spiro atoms. The zero-order chi connectivity index (χ0) is 11.3. The monoisotopic (exact) mass is 209 g/mol. The predicted octanol–water partition coefficient (Wildman–Crippen LogP) is 1.86. The van der Waals surface area contributed by atoms with Crippen molar-refractivity contribution in [3.05, 3.63) is 29.8 Å². The van der Waals surface area contributed by atoms with Crippen molar-refractivity contribution < 1.29 is 9.84 Å². The summed E-state index contributed by atoms with van der Waals surface area (Å²) in [5.41, 5.74) is 6.26. The van der Waals surface area contributed by atoms with Crippen LogP contribution in [-0.2, 0) is 0 Å². The average Bonchev–Trinajstić information content (AvgIpc) is 2.18. The van der Waals surface area contributed by atoms with Gasteiger partial charge < -0.3 is 15.6 Å². The third kappa shape index (κ3) is 3.90. The molecule has 0 fully saturated rings. The number of rotatable bonds is 5. The molecule has 0 bridgehead atoms. The molecule has 3 heteroatoms. The van der Waals surface area contributed by atoms with Crippen LogP contribution in [0.3, 0.4) is 0 Å². The maximum atomic E-state index is 9.67. The second kappa shape index (κ2) is 5.73. The van der Waals surface area contributed by atoms with Gasteiger partial charge in [-0.2, -0.15) is 0 Å². The fourth-order valence-electron chi connectivity index (χ4n) is 1.37. The predicted molar refractivity (Wildman–Crippen MR) is 60.8 cm³/mol. The van der Waals surface area contributed by atoms with E-state index in [-0.39, 0.29) is 6.10 Å². The molecule has 0 aromatic heterocycles. The van der Waals surface area contributed by atoms with Crippen molar-refractivity contribution in [2.75, 3.05) is 6.54 Å². The molecule has 3 N–H and O–H groups in total. The molecule has 0 aliphatic heterocycles. The van der Waals surface area contributed by atoms with Crippen molar-refractivity contribution in [2.24, 2.45) is 5.73 Å². The molecule has 1 aromatic carbocycles. The summed E-state index contributed by atoms with van der Waals surface area (Å²) in [5, 5.41) is 9.67. The molecule has 0 aliphatic rings. The van der Waals surface area contributed by atoms with Crippen LogP contribution in [0.25, 0.3) is 0 Å². The summed E-state index contributed by atoms with van der Waals surface area (Å²) >= 11 is 0. The van der Waals surface area contributed by atoms with Gasteiger partial charge in [0.1, 0.15) is 5.75 Å². The van der Waals surface area contributed by atoms with Crippen LogP contribution >= 0.6 is 0 Å². The van der Waals surface area contributed by atoms with Crippen molar-refractivity contribution in [1.82, 2.24) is 0 Å². The maximum absolute atomic E-state index is 9.67. The minimum Gasteiger partial charge on any atom is -0.491 e. The molecule has 84 valence electrons. The van der Waals surface area contributed by atoms with Crippen LogP contribution in [0, 0.1) is 0 Å². The summed E-state index contributed by atoms with van der Waals surface area (Å²) in [6, 6.07) is 7.49. The molecule has 0 saturated heterocycles. The highest BCUT2D eigenvalue weighted by Gasteiger charge is 2.06. The summed E-state index contributed by atoms with van der Waals surface area (Å²) in [5.74, 6) is 0.827. The zero-order valence-electron chi connectivity index (χ0n) is 9.31. The van der Waals surface area contributed by atoms with E-state index < -0.39 is 6.10 Å². The van der Waals surface area contributed by atoms with Crippen LogP contribution in [0.5, 0.6) is 5.75 Å². The first-order valence-electron chi connectivity index (χ1n) is 5.28. The summed E-state index contributed by atoms with van der Waals surface area (Å²) in [4.78, 5) is 0. The van der Waals surface area contributed by atoms with E-state index in [1.54, 1.807) is 0 Å². The topological polar surface area (TPSA) is 55.5 Å². The Kier molecular flexibility index (Phi) is 4.59. The molecule has 0 radical (unpaired) electrons. The lowest BCUT2D eigenvalue weighted by Crippen LogP contribution is -2.07. The molecule has 3 nitrogen and oxygen atoms in total. The van der Waals surface area contributed by atoms with Crippen LogP contribution in [0.1, 0.15) is 31.9 Å². The SMILES string of the molecule is CC(C)Oc1ccc([C@@H](O)CCN)cc1. The number of benzene rings is 1. The van der Waals surface area contributed by atoms with Crippen molar-refractivity contribution in [3.8, 4) is 5.75 Å². The van der Waals surface area contributed by atoms with E-state index in [2.05, 4.69) is 0 Å². The van der Waals surface area contributed by atoms with Crippen molar-refractivity contribution >= 4 is 0 Å². The van der Waals surface area contributed by atoms with Gasteiger partial charge in [0.2, 0.25) is 0 Å². The Morgan fingerprint density at radius 1 is 1.27 bits per heavy atom. The first kappa shape index (κ1) is 12.0. The Hall–Kier alpha value is -1.06. The fourth-order valence-corrected chi connectivity index (χ4v) is 1.37. The van der Waals surface area contributed by atoms with Crippen LogP contribution < -0.4 is 10.5 Å². The van der Waals surface area contributed by atoms with E-state index >= 15 is 0 Å². The van der Waals surface area contributed by atoms with Gasteiger partial charge in [-0.15, -0.1) is 0 Å². The minimum atomic E-state index is -0.469. The molecule has 1 rings (SSSR count). The van der Waals surface area contributed by atoms with Gasteiger partial charge in [0.25, 0.3) is 0 Å². The normalized spacial score (nSPS) is 12.9.